The second kappa shape index (κ2) is 4.10. The Kier molecular flexibility index (Phi) is 2.45. The Bertz CT molecular complexity index is 536. The van der Waals surface area contributed by atoms with E-state index >= 15 is 0 Å². The van der Waals surface area contributed by atoms with E-state index in [9.17, 15) is 0 Å². The first-order valence-electron chi connectivity index (χ1n) is 5.51. The van der Waals surface area contributed by atoms with Crippen molar-refractivity contribution in [3.63, 3.8) is 0 Å². The molecule has 0 bridgehead atoms. The molecule has 5 nitrogen and oxygen atoms in total. The summed E-state index contributed by atoms with van der Waals surface area (Å²) in [5, 5.41) is 0. The lowest BCUT2D eigenvalue weighted by Gasteiger charge is -2.18. The number of nitrogens with zero attached hydrogens (tertiary/aromatic N) is 1. The zero-order valence-electron chi connectivity index (χ0n) is 9.27. The number of hydrogen-bond donors (Lipinski definition) is 2. The van der Waals surface area contributed by atoms with E-state index in [1.807, 2.05) is 18.2 Å². The van der Waals surface area contributed by atoms with Crippen LogP contribution in [0.4, 0.5) is 0 Å². The van der Waals surface area contributed by atoms with E-state index in [1.165, 1.54) is 0 Å². The average molecular weight is 231 g/mol. The molecule has 0 spiro atoms. The van der Waals surface area contributed by atoms with E-state index < -0.39 is 0 Å². The molecule has 3 rings (SSSR count). The lowest BCUT2D eigenvalue weighted by atomic mass is 10.1. The van der Waals surface area contributed by atoms with Crippen LogP contribution < -0.4 is 15.2 Å². The summed E-state index contributed by atoms with van der Waals surface area (Å²) >= 11 is 0. The Hall–Kier alpha value is -2.01. The normalized spacial score (nSPS) is 13.7. The van der Waals surface area contributed by atoms with Gasteiger partial charge in [0.1, 0.15) is 13.2 Å². The number of imidazole rings is 1. The number of hydrogen-bond acceptors (Lipinski definition) is 4. The van der Waals surface area contributed by atoms with Crippen molar-refractivity contribution in [3.8, 4) is 22.8 Å². The molecule has 0 unspecified atom stereocenters. The first kappa shape index (κ1) is 10.2. The summed E-state index contributed by atoms with van der Waals surface area (Å²) in [5.74, 6) is 1.55. The molecule has 3 N–H and O–H groups in total. The van der Waals surface area contributed by atoms with Crippen LogP contribution in [0.1, 0.15) is 5.69 Å². The van der Waals surface area contributed by atoms with Crippen LogP contribution in [0, 0.1) is 0 Å². The standard InChI is InChI=1S/C12H13N3O2/c13-6-9-12(15-7-14-9)8-1-2-10-11(5-8)17-4-3-16-10/h1-2,5,7H,3-4,6,13H2,(H,14,15). The number of aromatic amines is 1. The van der Waals surface area contributed by atoms with Gasteiger partial charge in [0, 0.05) is 12.1 Å². The molecule has 17 heavy (non-hydrogen) atoms. The van der Waals surface area contributed by atoms with Gasteiger partial charge in [-0.15, -0.1) is 0 Å². The number of aromatic nitrogens is 2. The zero-order valence-corrected chi connectivity index (χ0v) is 9.27. The highest BCUT2D eigenvalue weighted by Gasteiger charge is 2.14. The molecule has 1 aromatic carbocycles. The van der Waals surface area contributed by atoms with Crippen LogP contribution in [0.5, 0.6) is 11.5 Å². The Morgan fingerprint density at radius 3 is 2.88 bits per heavy atom. The summed E-state index contributed by atoms with van der Waals surface area (Å²) in [6.07, 6.45) is 1.65. The lowest BCUT2D eigenvalue weighted by molar-refractivity contribution is 0.171. The molecule has 88 valence electrons. The van der Waals surface area contributed by atoms with E-state index in [0.29, 0.717) is 19.8 Å². The number of benzene rings is 1. The third kappa shape index (κ3) is 1.74. The molecule has 5 heteroatoms. The quantitative estimate of drug-likeness (QED) is 0.817. The minimum absolute atomic E-state index is 0.434. The molecule has 0 saturated heterocycles. The fourth-order valence-electron chi connectivity index (χ4n) is 1.92. The van der Waals surface area contributed by atoms with Gasteiger partial charge in [-0.1, -0.05) is 0 Å². The van der Waals surface area contributed by atoms with E-state index in [4.69, 9.17) is 15.2 Å². The van der Waals surface area contributed by atoms with E-state index in [2.05, 4.69) is 9.97 Å². The molecule has 0 saturated carbocycles. The third-order valence-electron chi connectivity index (χ3n) is 2.74. The van der Waals surface area contributed by atoms with Crippen molar-refractivity contribution in [1.29, 1.82) is 0 Å². The van der Waals surface area contributed by atoms with Gasteiger partial charge in [0.15, 0.2) is 11.5 Å². The molecule has 1 aliphatic rings. The van der Waals surface area contributed by atoms with Gasteiger partial charge < -0.3 is 20.2 Å². The van der Waals surface area contributed by atoms with Crippen molar-refractivity contribution in [1.82, 2.24) is 9.97 Å². The summed E-state index contributed by atoms with van der Waals surface area (Å²) in [4.78, 5) is 7.30. The van der Waals surface area contributed by atoms with Crippen LogP contribution in [-0.4, -0.2) is 23.2 Å². The summed E-state index contributed by atoms with van der Waals surface area (Å²) in [5.41, 5.74) is 8.41. The van der Waals surface area contributed by atoms with E-state index in [-0.39, 0.29) is 0 Å². The van der Waals surface area contributed by atoms with E-state index in [1.54, 1.807) is 6.33 Å². The molecular weight excluding hydrogens is 218 g/mol. The Balaban J connectivity index is 2.04. The van der Waals surface area contributed by atoms with Crippen LogP contribution in [0.15, 0.2) is 24.5 Å². The van der Waals surface area contributed by atoms with E-state index in [0.717, 1.165) is 28.5 Å². The van der Waals surface area contributed by atoms with Crippen LogP contribution in [0.3, 0.4) is 0 Å². The summed E-state index contributed by atoms with van der Waals surface area (Å²) < 4.78 is 11.0. The van der Waals surface area contributed by atoms with Gasteiger partial charge in [-0.05, 0) is 18.2 Å². The topological polar surface area (TPSA) is 73.2 Å². The maximum atomic E-state index is 5.64. The second-order valence-corrected chi connectivity index (χ2v) is 3.79. The first-order valence-corrected chi connectivity index (χ1v) is 5.51. The molecule has 0 radical (unpaired) electrons. The summed E-state index contributed by atoms with van der Waals surface area (Å²) in [6.45, 7) is 1.62. The van der Waals surface area contributed by atoms with Crippen molar-refractivity contribution < 1.29 is 9.47 Å². The van der Waals surface area contributed by atoms with Crippen LogP contribution >= 0.6 is 0 Å². The number of fused-ring (bicyclic) bond motifs is 1. The van der Waals surface area contributed by atoms with Gasteiger partial charge in [-0.3, -0.25) is 0 Å². The Labute approximate surface area is 98.6 Å². The van der Waals surface area contributed by atoms with Crippen molar-refractivity contribution in [2.75, 3.05) is 13.2 Å². The number of nitrogens with two attached hydrogens (primary N) is 1. The maximum Gasteiger partial charge on any atom is 0.162 e. The number of nitrogens with one attached hydrogen (secondary N) is 1. The number of H-pyrrole nitrogens is 1. The molecule has 0 fully saturated rings. The van der Waals surface area contributed by atoms with Crippen LogP contribution in [-0.2, 0) is 6.54 Å². The summed E-state index contributed by atoms with van der Waals surface area (Å²) in [6, 6.07) is 5.80. The lowest BCUT2D eigenvalue weighted by Crippen LogP contribution is -2.15. The van der Waals surface area contributed by atoms with Gasteiger partial charge in [-0.25, -0.2) is 4.98 Å². The highest BCUT2D eigenvalue weighted by atomic mass is 16.6. The first-order chi connectivity index (χ1) is 8.38. The number of ether oxygens (including phenoxy) is 2. The zero-order chi connectivity index (χ0) is 11.7. The van der Waals surface area contributed by atoms with Gasteiger partial charge in [0.2, 0.25) is 0 Å². The largest absolute Gasteiger partial charge is 0.486 e. The van der Waals surface area contributed by atoms with Crippen molar-refractivity contribution >= 4 is 0 Å². The summed E-state index contributed by atoms with van der Waals surface area (Å²) in [7, 11) is 0. The van der Waals surface area contributed by atoms with Crippen molar-refractivity contribution in [2.24, 2.45) is 5.73 Å². The smallest absolute Gasteiger partial charge is 0.162 e. The minimum atomic E-state index is 0.434. The van der Waals surface area contributed by atoms with Gasteiger partial charge >= 0.3 is 0 Å². The highest BCUT2D eigenvalue weighted by molar-refractivity contribution is 5.66. The fourth-order valence-corrected chi connectivity index (χ4v) is 1.92. The highest BCUT2D eigenvalue weighted by Crippen LogP contribution is 2.34. The number of rotatable bonds is 2. The van der Waals surface area contributed by atoms with Crippen LogP contribution in [0.25, 0.3) is 11.3 Å². The molecule has 0 amide bonds. The van der Waals surface area contributed by atoms with Crippen LogP contribution in [0.2, 0.25) is 0 Å². The van der Waals surface area contributed by atoms with Gasteiger partial charge in [0.05, 0.1) is 17.7 Å². The fraction of sp³-hybridized carbons (Fsp3) is 0.250. The van der Waals surface area contributed by atoms with Crippen molar-refractivity contribution in [2.45, 2.75) is 6.54 Å². The predicted molar refractivity (Wildman–Crippen MR) is 62.9 cm³/mol. The van der Waals surface area contributed by atoms with Gasteiger partial charge in [-0.2, -0.15) is 0 Å². The predicted octanol–water partition coefficient (Wildman–Crippen LogP) is 1.31. The Morgan fingerprint density at radius 2 is 2.06 bits per heavy atom. The molecular formula is C12H13N3O2. The minimum Gasteiger partial charge on any atom is -0.486 e. The molecule has 2 aromatic rings. The average Bonchev–Trinajstić information content (AvgIpc) is 2.86. The third-order valence-corrected chi connectivity index (χ3v) is 2.74. The maximum absolute atomic E-state index is 5.64. The molecule has 1 aliphatic heterocycles. The van der Waals surface area contributed by atoms with Crippen molar-refractivity contribution in [3.05, 3.63) is 30.2 Å². The molecule has 1 aromatic heterocycles. The molecule has 2 heterocycles. The van der Waals surface area contributed by atoms with Gasteiger partial charge in [0.25, 0.3) is 0 Å². The Morgan fingerprint density at radius 1 is 1.24 bits per heavy atom. The molecule has 0 atom stereocenters. The SMILES string of the molecule is NCc1[nH]cnc1-c1ccc2c(c1)OCCO2. The monoisotopic (exact) mass is 231 g/mol. The second-order valence-electron chi connectivity index (χ2n) is 3.79. The molecule has 0 aliphatic carbocycles.